The van der Waals surface area contributed by atoms with Gasteiger partial charge in [-0.25, -0.2) is 9.78 Å². The lowest BCUT2D eigenvalue weighted by Gasteiger charge is -2.08. The van der Waals surface area contributed by atoms with Crippen LogP contribution in [0.2, 0.25) is 5.15 Å². The molecular formula is C10H13ClN4O3. The Morgan fingerprint density at radius 1 is 1.50 bits per heavy atom. The third kappa shape index (κ3) is 4.46. The molecule has 18 heavy (non-hydrogen) atoms. The zero-order valence-electron chi connectivity index (χ0n) is 9.70. The number of carbonyl (C=O) groups is 2. The van der Waals surface area contributed by atoms with Gasteiger partial charge in [0.2, 0.25) is 0 Å². The van der Waals surface area contributed by atoms with Gasteiger partial charge in [-0.2, -0.15) is 0 Å². The van der Waals surface area contributed by atoms with Crippen LogP contribution >= 0.6 is 11.6 Å². The summed E-state index contributed by atoms with van der Waals surface area (Å²) in [7, 11) is 0. The van der Waals surface area contributed by atoms with Crippen LogP contribution in [-0.4, -0.2) is 30.1 Å². The largest absolute Gasteiger partial charge is 0.465 e. The lowest BCUT2D eigenvalue weighted by atomic mass is 10.4. The molecular weight excluding hydrogens is 260 g/mol. The van der Waals surface area contributed by atoms with E-state index in [2.05, 4.69) is 20.4 Å². The second-order valence-corrected chi connectivity index (χ2v) is 3.57. The summed E-state index contributed by atoms with van der Waals surface area (Å²) in [5.74, 6) is -0.427. The van der Waals surface area contributed by atoms with Gasteiger partial charge >= 0.3 is 12.0 Å². The minimum atomic E-state index is -0.584. The molecule has 0 aliphatic heterocycles. The summed E-state index contributed by atoms with van der Waals surface area (Å²) < 4.78 is 4.65. The highest BCUT2D eigenvalue weighted by molar-refractivity contribution is 6.29. The van der Waals surface area contributed by atoms with Crippen molar-refractivity contribution in [2.24, 2.45) is 0 Å². The predicted molar refractivity (Wildman–Crippen MR) is 67.3 cm³/mol. The summed E-state index contributed by atoms with van der Waals surface area (Å²) >= 11 is 5.61. The number of pyridine rings is 1. The Kier molecular flexibility index (Phi) is 5.19. The lowest BCUT2D eigenvalue weighted by Crippen LogP contribution is -2.34. The molecule has 0 radical (unpaired) electrons. The van der Waals surface area contributed by atoms with Crippen molar-refractivity contribution in [3.05, 3.63) is 17.3 Å². The van der Waals surface area contributed by atoms with E-state index in [1.807, 2.05) is 0 Å². The molecule has 0 aliphatic rings. The molecule has 1 aromatic heterocycles. The Balaban J connectivity index is 2.47. The summed E-state index contributed by atoms with van der Waals surface area (Å²) in [6.45, 7) is 1.72. The molecule has 0 aliphatic carbocycles. The first-order valence-corrected chi connectivity index (χ1v) is 5.53. The fourth-order valence-corrected chi connectivity index (χ4v) is 1.24. The van der Waals surface area contributed by atoms with E-state index in [4.69, 9.17) is 17.3 Å². The molecule has 0 aromatic carbocycles. The zero-order valence-corrected chi connectivity index (χ0v) is 10.5. The number of nitrogens with zero attached hydrogens (tertiary/aromatic N) is 1. The maximum atomic E-state index is 11.4. The number of esters is 1. The van der Waals surface area contributed by atoms with Crippen LogP contribution in [0, 0.1) is 0 Å². The topological polar surface area (TPSA) is 106 Å². The summed E-state index contributed by atoms with van der Waals surface area (Å²) in [6.07, 6.45) is 0. The first kappa shape index (κ1) is 14.0. The number of hydrogen-bond donors (Lipinski definition) is 3. The maximum absolute atomic E-state index is 11.4. The van der Waals surface area contributed by atoms with Crippen LogP contribution in [-0.2, 0) is 9.53 Å². The molecule has 98 valence electrons. The third-order valence-electron chi connectivity index (χ3n) is 1.84. The number of nitrogens with two attached hydrogens (primary N) is 1. The third-order valence-corrected chi connectivity index (χ3v) is 2.05. The Labute approximate surface area is 109 Å². The predicted octanol–water partition coefficient (Wildman–Crippen LogP) is 1.00. The first-order valence-electron chi connectivity index (χ1n) is 5.15. The summed E-state index contributed by atoms with van der Waals surface area (Å²) in [5.41, 5.74) is 5.85. The van der Waals surface area contributed by atoms with Gasteiger partial charge < -0.3 is 21.1 Å². The van der Waals surface area contributed by atoms with Crippen LogP contribution < -0.4 is 16.4 Å². The molecule has 0 bridgehead atoms. The molecule has 8 heteroatoms. The minimum absolute atomic E-state index is 0.0915. The van der Waals surface area contributed by atoms with Crippen LogP contribution in [0.15, 0.2) is 12.1 Å². The summed E-state index contributed by atoms with van der Waals surface area (Å²) in [6, 6.07) is 2.41. The maximum Gasteiger partial charge on any atom is 0.325 e. The van der Waals surface area contributed by atoms with E-state index < -0.39 is 12.0 Å². The summed E-state index contributed by atoms with van der Waals surface area (Å²) in [4.78, 5) is 26.2. The van der Waals surface area contributed by atoms with E-state index >= 15 is 0 Å². The molecule has 0 fully saturated rings. The van der Waals surface area contributed by atoms with E-state index in [1.54, 1.807) is 6.92 Å². The van der Waals surface area contributed by atoms with E-state index in [-0.39, 0.29) is 24.1 Å². The van der Waals surface area contributed by atoms with Crippen LogP contribution in [0.3, 0.4) is 0 Å². The van der Waals surface area contributed by atoms with Crippen LogP contribution in [0.25, 0.3) is 0 Å². The summed E-state index contributed by atoms with van der Waals surface area (Å²) in [5, 5.41) is 4.97. The molecule has 0 atom stereocenters. The number of amides is 2. The zero-order chi connectivity index (χ0) is 13.5. The number of ether oxygens (including phenoxy) is 1. The van der Waals surface area contributed by atoms with E-state index in [9.17, 15) is 9.59 Å². The van der Waals surface area contributed by atoms with Gasteiger partial charge in [0.1, 0.15) is 17.5 Å². The second kappa shape index (κ2) is 6.65. The average Bonchev–Trinajstić information content (AvgIpc) is 2.31. The number of nitrogens with one attached hydrogen (secondary N) is 2. The molecule has 2 amide bonds. The quantitative estimate of drug-likeness (QED) is 0.560. The molecule has 1 aromatic rings. The highest BCUT2D eigenvalue weighted by Gasteiger charge is 2.08. The molecule has 1 rings (SSSR count). The van der Waals surface area contributed by atoms with Crippen molar-refractivity contribution >= 4 is 35.1 Å². The normalized spacial score (nSPS) is 9.67. The fraction of sp³-hybridized carbons (Fsp3) is 0.300. The van der Waals surface area contributed by atoms with E-state index in [1.165, 1.54) is 12.1 Å². The Morgan fingerprint density at radius 2 is 2.22 bits per heavy atom. The Hall–Kier alpha value is -2.02. The number of rotatable bonds is 4. The van der Waals surface area contributed by atoms with Gasteiger partial charge in [0.05, 0.1) is 12.3 Å². The van der Waals surface area contributed by atoms with Gasteiger partial charge in [0.25, 0.3) is 0 Å². The Morgan fingerprint density at radius 3 is 2.83 bits per heavy atom. The first-order chi connectivity index (χ1) is 8.52. The number of hydrogen-bond acceptors (Lipinski definition) is 5. The van der Waals surface area contributed by atoms with Crippen molar-refractivity contribution in [3.63, 3.8) is 0 Å². The van der Waals surface area contributed by atoms with Gasteiger partial charge in [-0.05, 0) is 19.1 Å². The van der Waals surface area contributed by atoms with Crippen molar-refractivity contribution < 1.29 is 14.3 Å². The number of halogens is 1. The van der Waals surface area contributed by atoms with Crippen molar-refractivity contribution in [3.8, 4) is 0 Å². The van der Waals surface area contributed by atoms with Crippen molar-refractivity contribution in [2.45, 2.75) is 6.92 Å². The molecule has 0 unspecified atom stereocenters. The number of aromatic nitrogens is 1. The highest BCUT2D eigenvalue weighted by atomic mass is 35.5. The molecule has 0 spiro atoms. The smallest absolute Gasteiger partial charge is 0.325 e. The molecule has 0 saturated carbocycles. The molecule has 1 heterocycles. The lowest BCUT2D eigenvalue weighted by molar-refractivity contribution is -0.141. The fourth-order valence-electron chi connectivity index (χ4n) is 1.09. The Bertz CT molecular complexity index is 453. The standard InChI is InChI=1S/C10H13ClN4O3/c1-2-18-8(16)5-13-10(17)14-6-3-4-7(11)15-9(6)12/h3-4H,2,5H2,1H3,(H2,12,15)(H2,13,14,17). The second-order valence-electron chi connectivity index (χ2n) is 3.18. The van der Waals surface area contributed by atoms with Crippen LogP contribution in [0.4, 0.5) is 16.3 Å². The van der Waals surface area contributed by atoms with Crippen molar-refractivity contribution in [1.29, 1.82) is 0 Å². The van der Waals surface area contributed by atoms with Crippen LogP contribution in [0.5, 0.6) is 0 Å². The monoisotopic (exact) mass is 272 g/mol. The van der Waals surface area contributed by atoms with Crippen molar-refractivity contribution in [1.82, 2.24) is 10.3 Å². The van der Waals surface area contributed by atoms with Crippen molar-refractivity contribution in [2.75, 3.05) is 24.2 Å². The van der Waals surface area contributed by atoms with Gasteiger partial charge in [0, 0.05) is 0 Å². The van der Waals surface area contributed by atoms with E-state index in [0.717, 1.165) is 0 Å². The SMILES string of the molecule is CCOC(=O)CNC(=O)Nc1ccc(Cl)nc1N. The number of urea groups is 1. The van der Waals surface area contributed by atoms with Crippen LogP contribution in [0.1, 0.15) is 6.92 Å². The molecule has 0 saturated heterocycles. The number of carbonyl (C=O) groups excluding carboxylic acids is 2. The van der Waals surface area contributed by atoms with E-state index in [0.29, 0.717) is 5.69 Å². The number of anilines is 2. The minimum Gasteiger partial charge on any atom is -0.465 e. The number of nitrogen functional groups attached to an aromatic ring is 1. The average molecular weight is 273 g/mol. The van der Waals surface area contributed by atoms with Gasteiger partial charge in [-0.15, -0.1) is 0 Å². The highest BCUT2D eigenvalue weighted by Crippen LogP contribution is 2.18. The van der Waals surface area contributed by atoms with Gasteiger partial charge in [-0.1, -0.05) is 11.6 Å². The van der Waals surface area contributed by atoms with Gasteiger partial charge in [0.15, 0.2) is 0 Å². The molecule has 7 nitrogen and oxygen atoms in total. The molecule has 4 N–H and O–H groups in total. The van der Waals surface area contributed by atoms with Gasteiger partial charge in [-0.3, -0.25) is 4.79 Å².